The van der Waals surface area contributed by atoms with Crippen molar-refractivity contribution in [3.63, 3.8) is 0 Å². The van der Waals surface area contributed by atoms with Crippen molar-refractivity contribution < 1.29 is 28.9 Å². The van der Waals surface area contributed by atoms with Gasteiger partial charge < -0.3 is 47.2 Å². The van der Waals surface area contributed by atoms with Gasteiger partial charge in [-0.05, 0) is 17.8 Å². The summed E-state index contributed by atoms with van der Waals surface area (Å²) in [4.78, 5) is 37.1. The van der Waals surface area contributed by atoms with Crippen molar-refractivity contribution in [1.82, 2.24) is 20.3 Å². The summed E-state index contributed by atoms with van der Waals surface area (Å²) < 4.78 is 17.6. The highest BCUT2D eigenvalue weighted by atomic mass is 16.6. The summed E-state index contributed by atoms with van der Waals surface area (Å²) in [7, 11) is 0. The van der Waals surface area contributed by atoms with Crippen LogP contribution in [0.2, 0.25) is 0 Å². The highest BCUT2D eigenvalue weighted by molar-refractivity contribution is 5.87. The number of carbonyl (C=O) groups is 2. The number of aromatic nitrogens is 3. The number of aromatic amines is 1. The van der Waals surface area contributed by atoms with E-state index in [0.717, 1.165) is 0 Å². The van der Waals surface area contributed by atoms with Gasteiger partial charge in [0.05, 0.1) is 23.6 Å². The fourth-order valence-electron chi connectivity index (χ4n) is 4.38. The number of nitrogens with one attached hydrogen (secondary N) is 2. The van der Waals surface area contributed by atoms with E-state index in [4.69, 9.17) is 37.1 Å². The number of rotatable bonds is 12. The summed E-state index contributed by atoms with van der Waals surface area (Å²) in [5.74, 6) is -1.47. The zero-order valence-electron chi connectivity index (χ0n) is 23.9. The van der Waals surface area contributed by atoms with Crippen molar-refractivity contribution in [3.8, 4) is 0 Å². The molecular weight excluding hydrogens is 520 g/mol. The van der Waals surface area contributed by atoms with Crippen molar-refractivity contribution >= 4 is 28.8 Å². The maximum absolute atomic E-state index is 13.1. The van der Waals surface area contributed by atoms with Crippen LogP contribution in [0.5, 0.6) is 0 Å². The molecule has 0 radical (unpaired) electrons. The Morgan fingerprint density at radius 1 is 0.975 bits per heavy atom. The predicted octanol–water partition coefficient (Wildman–Crippen LogP) is -0.338. The molecule has 1 aliphatic heterocycles. The number of nitrogen functional groups attached to an aromatic ring is 1. The highest BCUT2D eigenvalue weighted by Crippen LogP contribution is 2.37. The maximum atomic E-state index is 13.1. The number of hydrogen-bond donors (Lipinski definition) is 7. The molecule has 0 aromatic carbocycles. The van der Waals surface area contributed by atoms with Gasteiger partial charge >= 0.3 is 11.9 Å². The summed E-state index contributed by atoms with van der Waals surface area (Å²) >= 11 is 0. The molecular formula is C26H44N8O6. The van der Waals surface area contributed by atoms with E-state index in [1.807, 2.05) is 27.7 Å². The summed E-state index contributed by atoms with van der Waals surface area (Å²) in [6.07, 6.45) is -0.439. The van der Waals surface area contributed by atoms with Crippen LogP contribution >= 0.6 is 0 Å². The van der Waals surface area contributed by atoms with E-state index < -0.39 is 60.6 Å². The Bertz CT molecular complexity index is 1160. The zero-order valence-corrected chi connectivity index (χ0v) is 23.9. The number of aliphatic hydroxyl groups is 1. The molecule has 2 aromatic heterocycles. The molecule has 1 unspecified atom stereocenters. The Balaban J connectivity index is 2.03. The third-order valence-electron chi connectivity index (χ3n) is 7.33. The molecule has 3 rings (SSSR count). The van der Waals surface area contributed by atoms with Crippen molar-refractivity contribution in [2.75, 3.05) is 12.3 Å². The minimum atomic E-state index is -1.41. The number of anilines is 1. The molecule has 0 aliphatic carbocycles. The van der Waals surface area contributed by atoms with Crippen molar-refractivity contribution in [2.24, 2.45) is 35.0 Å². The molecule has 14 heteroatoms. The number of hydrogen-bond acceptors (Lipinski definition) is 13. The number of ether oxygens (including phenoxy) is 3. The van der Waals surface area contributed by atoms with Gasteiger partial charge in [-0.3, -0.25) is 14.9 Å². The Kier molecular flexibility index (Phi) is 10.4. The van der Waals surface area contributed by atoms with Crippen molar-refractivity contribution in [3.05, 3.63) is 18.1 Å². The van der Waals surface area contributed by atoms with Crippen molar-refractivity contribution in [2.45, 2.75) is 90.2 Å². The van der Waals surface area contributed by atoms with E-state index in [1.54, 1.807) is 20.0 Å². The van der Waals surface area contributed by atoms with Crippen LogP contribution < -0.4 is 28.3 Å². The van der Waals surface area contributed by atoms with E-state index in [9.17, 15) is 14.7 Å². The first kappa shape index (κ1) is 31.6. The number of H-pyrrole nitrogens is 1. The monoisotopic (exact) mass is 564 g/mol. The second-order valence-electron chi connectivity index (χ2n) is 11.4. The second kappa shape index (κ2) is 13.2. The number of nitrogens with zero attached hydrogens (tertiary/aromatic N) is 2. The number of carbonyl (C=O) groups excluding carboxylic acids is 2. The lowest BCUT2D eigenvalue weighted by Gasteiger charge is -2.31. The number of nitrogens with two attached hydrogens (primary N) is 4. The SMILES string of the molecule is CC(C)[C@H](N)C(O)O[C@H]1[C@@H](OC(=O)[C@@H](N)C(C)C)[C@H](c2c[nH]c3c(N)ncnc23)N[C@@H]1COC(=O)[C@@H](N)C(C)C. The van der Waals surface area contributed by atoms with Gasteiger partial charge in [0, 0.05) is 11.8 Å². The van der Waals surface area contributed by atoms with Gasteiger partial charge in [0.15, 0.2) is 12.1 Å². The Labute approximate surface area is 233 Å². The van der Waals surface area contributed by atoms with E-state index in [2.05, 4.69) is 20.3 Å². The average Bonchev–Trinajstić information content (AvgIpc) is 3.47. The molecule has 0 amide bonds. The first-order chi connectivity index (χ1) is 18.7. The van der Waals surface area contributed by atoms with Crippen LogP contribution in [0.4, 0.5) is 5.82 Å². The van der Waals surface area contributed by atoms with E-state index in [0.29, 0.717) is 16.6 Å². The fourth-order valence-corrected chi connectivity index (χ4v) is 4.38. The second-order valence-corrected chi connectivity index (χ2v) is 11.4. The lowest BCUT2D eigenvalue weighted by atomic mass is 10.00. The van der Waals surface area contributed by atoms with Gasteiger partial charge in [0.25, 0.3) is 0 Å². The van der Waals surface area contributed by atoms with Gasteiger partial charge in [-0.2, -0.15) is 0 Å². The lowest BCUT2D eigenvalue weighted by Crippen LogP contribution is -2.50. The normalized spacial score (nSPS) is 24.4. The lowest BCUT2D eigenvalue weighted by molar-refractivity contribution is -0.194. The van der Waals surface area contributed by atoms with Crippen molar-refractivity contribution in [1.29, 1.82) is 0 Å². The molecule has 40 heavy (non-hydrogen) atoms. The maximum Gasteiger partial charge on any atom is 0.323 e. The molecule has 1 fully saturated rings. The van der Waals surface area contributed by atoms with Crippen LogP contribution in [-0.2, 0) is 23.8 Å². The summed E-state index contributed by atoms with van der Waals surface area (Å²) in [6.45, 7) is 10.7. The predicted molar refractivity (Wildman–Crippen MR) is 148 cm³/mol. The zero-order chi connectivity index (χ0) is 29.9. The Morgan fingerprint density at radius 3 is 2.20 bits per heavy atom. The standard InChI is InChI=1S/C26H44N8O6/c1-10(2)15(27)24(35)38-8-14-21(39-25(36)16(28)11(3)4)22(40-26(37)17(29)12(5)6)19(34-14)13-7-31-20-18(13)32-9-33-23(20)30/h7,9-12,14-17,19,21-22,25,31,34,36H,8,27-29H2,1-6H3,(H2,30,32,33)/t14-,15+,16+,17+,19+,21-,22+,25?/m1/s1. The third-order valence-corrected chi connectivity index (χ3v) is 7.33. The molecule has 11 N–H and O–H groups in total. The molecule has 2 aromatic rings. The smallest absolute Gasteiger partial charge is 0.323 e. The fraction of sp³-hybridized carbons (Fsp3) is 0.692. The summed E-state index contributed by atoms with van der Waals surface area (Å²) in [6, 6.07) is -3.94. The molecule has 0 spiro atoms. The molecule has 0 bridgehead atoms. The minimum absolute atomic E-state index is 0.121. The third kappa shape index (κ3) is 6.87. The first-order valence-electron chi connectivity index (χ1n) is 13.5. The molecule has 14 nitrogen and oxygen atoms in total. The molecule has 1 aliphatic rings. The number of esters is 2. The van der Waals surface area contributed by atoms with Gasteiger partial charge in [-0.1, -0.05) is 41.5 Å². The number of aliphatic hydroxyl groups excluding tert-OH is 1. The molecule has 0 saturated carbocycles. The summed E-state index contributed by atoms with van der Waals surface area (Å²) in [5.41, 5.74) is 25.9. The van der Waals surface area contributed by atoms with Gasteiger partial charge in [-0.15, -0.1) is 0 Å². The molecule has 8 atom stereocenters. The van der Waals surface area contributed by atoms with E-state index in [1.165, 1.54) is 6.33 Å². The summed E-state index contributed by atoms with van der Waals surface area (Å²) in [5, 5.41) is 14.2. The Morgan fingerprint density at radius 2 is 1.60 bits per heavy atom. The largest absolute Gasteiger partial charge is 0.463 e. The van der Waals surface area contributed by atoms with E-state index >= 15 is 0 Å². The minimum Gasteiger partial charge on any atom is -0.463 e. The van der Waals surface area contributed by atoms with Crippen LogP contribution in [0.15, 0.2) is 12.5 Å². The average molecular weight is 565 g/mol. The van der Waals surface area contributed by atoms with Crippen LogP contribution in [0.25, 0.3) is 11.0 Å². The van der Waals surface area contributed by atoms with Gasteiger partial charge in [0.2, 0.25) is 0 Å². The molecule has 1 saturated heterocycles. The van der Waals surface area contributed by atoms with Crippen LogP contribution in [-0.4, -0.2) is 81.3 Å². The van der Waals surface area contributed by atoms with Crippen LogP contribution in [0.1, 0.15) is 53.1 Å². The van der Waals surface area contributed by atoms with Gasteiger partial charge in [-0.25, -0.2) is 9.97 Å². The number of fused-ring (bicyclic) bond motifs is 1. The van der Waals surface area contributed by atoms with E-state index in [-0.39, 0.29) is 30.2 Å². The quantitative estimate of drug-likeness (QED) is 0.129. The van der Waals surface area contributed by atoms with Crippen LogP contribution in [0.3, 0.4) is 0 Å². The highest BCUT2D eigenvalue weighted by Gasteiger charge is 2.50. The first-order valence-corrected chi connectivity index (χ1v) is 13.5. The van der Waals surface area contributed by atoms with Crippen LogP contribution in [0, 0.1) is 17.8 Å². The topological polar surface area (TPSA) is 240 Å². The molecule has 3 heterocycles. The molecule has 224 valence electrons. The van der Waals surface area contributed by atoms with Gasteiger partial charge in [0.1, 0.15) is 42.7 Å². The Hall–Kier alpha value is -2.88.